The first-order valence-corrected chi connectivity index (χ1v) is 10.8. The quantitative estimate of drug-likeness (QED) is 0.412. The molecule has 1 unspecified atom stereocenters. The topological polar surface area (TPSA) is 103 Å². The molecular weight excluding hydrogens is 414 g/mol. The predicted molar refractivity (Wildman–Crippen MR) is 130 cm³/mol. The maximum absolute atomic E-state index is 12.1. The number of nitrogens with one attached hydrogen (secondary N) is 2. The van der Waals surface area contributed by atoms with E-state index in [-0.39, 0.29) is 23.4 Å². The average molecular weight is 444 g/mol. The minimum absolute atomic E-state index is 0.0805. The predicted octanol–water partition coefficient (Wildman–Crippen LogP) is 5.03. The lowest BCUT2D eigenvalue weighted by Crippen LogP contribution is -2.21. The second kappa shape index (κ2) is 10.2. The second-order valence-electron chi connectivity index (χ2n) is 8.16. The van der Waals surface area contributed by atoms with Crippen molar-refractivity contribution in [3.05, 3.63) is 82.8 Å². The Labute approximate surface area is 194 Å². The van der Waals surface area contributed by atoms with E-state index in [0.717, 1.165) is 12.0 Å². The number of hydrogen-bond acceptors (Lipinski definition) is 6. The fraction of sp³-hybridized carbons (Fsp3) is 0.269. The first-order valence-electron chi connectivity index (χ1n) is 10.8. The van der Waals surface area contributed by atoms with Crippen molar-refractivity contribution in [2.45, 2.75) is 33.1 Å². The number of benzene rings is 2. The molecule has 1 aromatic heterocycles. The van der Waals surface area contributed by atoms with Gasteiger partial charge in [-0.3, -0.25) is 20.6 Å². The van der Waals surface area contributed by atoms with E-state index in [0.29, 0.717) is 28.4 Å². The Hall–Kier alpha value is -3.87. The Morgan fingerprint density at radius 1 is 1.00 bits per heavy atom. The van der Waals surface area contributed by atoms with Crippen molar-refractivity contribution in [2.75, 3.05) is 14.1 Å². The molecule has 0 aliphatic carbocycles. The number of amides is 1. The van der Waals surface area contributed by atoms with E-state index in [9.17, 15) is 4.79 Å². The van der Waals surface area contributed by atoms with Gasteiger partial charge < -0.3 is 9.64 Å². The van der Waals surface area contributed by atoms with Crippen LogP contribution in [-0.2, 0) is 4.74 Å². The molecule has 3 rings (SSSR count). The maximum atomic E-state index is 12.1. The monoisotopic (exact) mass is 443 g/mol. The third-order valence-electron chi connectivity index (χ3n) is 5.56. The van der Waals surface area contributed by atoms with Crippen LogP contribution in [0.3, 0.4) is 0 Å². The van der Waals surface area contributed by atoms with Crippen molar-refractivity contribution in [2.24, 2.45) is 0 Å². The molecule has 3 aromatic rings. The summed E-state index contributed by atoms with van der Waals surface area (Å²) < 4.78 is 5.51. The van der Waals surface area contributed by atoms with E-state index >= 15 is 0 Å². The number of aromatic nitrogens is 2. The zero-order chi connectivity index (χ0) is 24.1. The van der Waals surface area contributed by atoms with Gasteiger partial charge in [0.25, 0.3) is 5.91 Å². The van der Waals surface area contributed by atoms with E-state index in [1.807, 2.05) is 24.3 Å². The van der Waals surface area contributed by atoms with E-state index in [4.69, 9.17) is 15.6 Å². The van der Waals surface area contributed by atoms with Gasteiger partial charge in [-0.05, 0) is 49.1 Å². The van der Waals surface area contributed by atoms with Crippen molar-refractivity contribution < 1.29 is 9.53 Å². The fourth-order valence-electron chi connectivity index (χ4n) is 3.25. The van der Waals surface area contributed by atoms with Crippen LogP contribution in [0, 0.1) is 17.7 Å². The summed E-state index contributed by atoms with van der Waals surface area (Å²) in [6.07, 6.45) is 2.66. The number of ether oxygens (including phenoxy) is 1. The molecule has 7 nitrogen and oxygen atoms in total. The molecule has 170 valence electrons. The second-order valence-corrected chi connectivity index (χ2v) is 8.16. The molecule has 0 spiro atoms. The Morgan fingerprint density at radius 3 is 2.18 bits per heavy atom. The molecule has 7 heteroatoms. The SMILES string of the molecule is CCC(C)c1ccc(C(=N)OC(=N)c2nc(-c3ccc(C(=O)N(C)C)cc3)cnc2C)cc1. The van der Waals surface area contributed by atoms with Crippen LogP contribution >= 0.6 is 0 Å². The summed E-state index contributed by atoms with van der Waals surface area (Å²) in [6, 6.07) is 14.7. The highest BCUT2D eigenvalue weighted by Crippen LogP contribution is 2.21. The summed E-state index contributed by atoms with van der Waals surface area (Å²) in [6.45, 7) is 6.04. The Balaban J connectivity index is 1.78. The smallest absolute Gasteiger partial charge is 0.253 e. The molecule has 0 fully saturated rings. The van der Waals surface area contributed by atoms with Crippen molar-refractivity contribution in [3.63, 3.8) is 0 Å². The molecule has 33 heavy (non-hydrogen) atoms. The molecule has 0 bridgehead atoms. The van der Waals surface area contributed by atoms with E-state index in [2.05, 4.69) is 23.8 Å². The van der Waals surface area contributed by atoms with Crippen LogP contribution in [0.25, 0.3) is 11.3 Å². The van der Waals surface area contributed by atoms with Crippen molar-refractivity contribution >= 4 is 17.7 Å². The zero-order valence-corrected chi connectivity index (χ0v) is 19.6. The Bertz CT molecular complexity index is 1170. The van der Waals surface area contributed by atoms with Crippen molar-refractivity contribution in [3.8, 4) is 11.3 Å². The van der Waals surface area contributed by atoms with Crippen LogP contribution in [0.4, 0.5) is 0 Å². The number of rotatable bonds is 6. The van der Waals surface area contributed by atoms with E-state index < -0.39 is 0 Å². The van der Waals surface area contributed by atoms with Gasteiger partial charge in [-0.2, -0.15) is 0 Å². The molecule has 1 amide bonds. The van der Waals surface area contributed by atoms with Crippen LogP contribution in [0.5, 0.6) is 0 Å². The molecule has 2 N–H and O–H groups in total. The standard InChI is InChI=1S/C26H29N5O2/c1-6-16(2)18-7-11-20(12-8-18)24(27)33-25(28)23-17(3)29-15-22(30-23)19-9-13-21(14-10-19)26(32)31(4)5/h7-16,27-28H,6H2,1-5H3. The third-order valence-corrected chi connectivity index (χ3v) is 5.56. The maximum Gasteiger partial charge on any atom is 0.253 e. The molecular formula is C26H29N5O2. The largest absolute Gasteiger partial charge is 0.419 e. The van der Waals surface area contributed by atoms with Crippen molar-refractivity contribution in [1.29, 1.82) is 10.8 Å². The highest BCUT2D eigenvalue weighted by molar-refractivity contribution is 6.04. The lowest BCUT2D eigenvalue weighted by Gasteiger charge is -2.13. The summed E-state index contributed by atoms with van der Waals surface area (Å²) >= 11 is 0. The highest BCUT2D eigenvalue weighted by Gasteiger charge is 2.16. The third kappa shape index (κ3) is 5.49. The molecule has 0 aliphatic heterocycles. The molecule has 0 saturated heterocycles. The lowest BCUT2D eigenvalue weighted by atomic mass is 9.98. The fourth-order valence-corrected chi connectivity index (χ4v) is 3.25. The first-order chi connectivity index (χ1) is 15.7. The van der Waals surface area contributed by atoms with Crippen LogP contribution < -0.4 is 0 Å². The minimum Gasteiger partial charge on any atom is -0.419 e. The van der Waals surface area contributed by atoms with Gasteiger partial charge in [-0.25, -0.2) is 4.98 Å². The molecule has 1 heterocycles. The lowest BCUT2D eigenvalue weighted by molar-refractivity contribution is 0.0827. The van der Waals surface area contributed by atoms with E-state index in [1.165, 1.54) is 10.5 Å². The summed E-state index contributed by atoms with van der Waals surface area (Å²) in [5.74, 6) is 0.0115. The van der Waals surface area contributed by atoms with Crippen LogP contribution in [0.1, 0.15) is 59.1 Å². The number of nitrogens with zero attached hydrogens (tertiary/aromatic N) is 3. The Morgan fingerprint density at radius 2 is 1.61 bits per heavy atom. The molecule has 0 saturated carbocycles. The van der Waals surface area contributed by atoms with Gasteiger partial charge in [0.15, 0.2) is 0 Å². The normalized spacial score (nSPS) is 11.5. The van der Waals surface area contributed by atoms with E-state index in [1.54, 1.807) is 51.5 Å². The summed E-state index contributed by atoms with van der Waals surface area (Å²) in [7, 11) is 3.41. The summed E-state index contributed by atoms with van der Waals surface area (Å²) in [5, 5.41) is 16.6. The van der Waals surface area contributed by atoms with Crippen LogP contribution in [0.2, 0.25) is 0 Å². The van der Waals surface area contributed by atoms with Gasteiger partial charge in [-0.15, -0.1) is 0 Å². The average Bonchev–Trinajstić information content (AvgIpc) is 2.83. The van der Waals surface area contributed by atoms with Gasteiger partial charge in [0.1, 0.15) is 5.69 Å². The van der Waals surface area contributed by atoms with Gasteiger partial charge in [0.05, 0.1) is 17.6 Å². The summed E-state index contributed by atoms with van der Waals surface area (Å²) in [4.78, 5) is 22.5. The Kier molecular flexibility index (Phi) is 7.33. The number of aryl methyl sites for hydroxylation is 1. The molecule has 0 radical (unpaired) electrons. The minimum atomic E-state index is -0.239. The number of carbonyl (C=O) groups is 1. The number of hydrogen-bond donors (Lipinski definition) is 2. The van der Waals surface area contributed by atoms with Gasteiger partial charge in [-0.1, -0.05) is 38.1 Å². The van der Waals surface area contributed by atoms with Gasteiger partial charge in [0.2, 0.25) is 11.8 Å². The molecule has 1 atom stereocenters. The van der Waals surface area contributed by atoms with Crippen LogP contribution in [0.15, 0.2) is 54.7 Å². The summed E-state index contributed by atoms with van der Waals surface area (Å²) in [5.41, 5.74) is 4.49. The van der Waals surface area contributed by atoms with Crippen LogP contribution in [-0.4, -0.2) is 46.7 Å². The molecule has 0 aliphatic rings. The van der Waals surface area contributed by atoms with Gasteiger partial charge >= 0.3 is 0 Å². The molecule has 2 aromatic carbocycles. The first kappa shape index (κ1) is 23.8. The zero-order valence-electron chi connectivity index (χ0n) is 19.6. The number of carbonyl (C=O) groups excluding carboxylic acids is 1. The van der Waals surface area contributed by atoms with Gasteiger partial charge in [0, 0.05) is 30.8 Å². The highest BCUT2D eigenvalue weighted by atomic mass is 16.5. The van der Waals surface area contributed by atoms with Crippen molar-refractivity contribution in [1.82, 2.24) is 14.9 Å².